The van der Waals surface area contributed by atoms with Crippen molar-refractivity contribution >= 4 is 33.5 Å². The molecule has 0 aliphatic rings. The Morgan fingerprint density at radius 2 is 1.83 bits per heavy atom. The van der Waals surface area contributed by atoms with E-state index >= 15 is 0 Å². The lowest BCUT2D eigenvalue weighted by Gasteiger charge is -2.16. The van der Waals surface area contributed by atoms with Crippen LogP contribution in [0.5, 0.6) is 5.75 Å². The van der Waals surface area contributed by atoms with E-state index in [1.165, 1.54) is 4.88 Å². The Hall–Kier alpha value is -3.06. The Morgan fingerprint density at radius 3 is 2.62 bits per heavy atom. The first-order valence-electron chi connectivity index (χ1n) is 9.79. The Kier molecular flexibility index (Phi) is 5.67. The molecular weight excluding hydrogens is 382 g/mol. The largest absolute Gasteiger partial charge is 0.495 e. The molecule has 2 aromatic carbocycles. The number of ether oxygens (including phenoxy) is 1. The number of para-hydroxylation sites is 4. The number of fused-ring (bicyclic) bond motifs is 1. The first-order chi connectivity index (χ1) is 14.2. The smallest absolute Gasteiger partial charge is 0.209 e. The molecule has 150 valence electrons. The maximum absolute atomic E-state index is 5.60. The van der Waals surface area contributed by atoms with Crippen LogP contribution >= 0.6 is 11.3 Å². The molecule has 0 aliphatic carbocycles. The monoisotopic (exact) mass is 407 g/mol. The van der Waals surface area contributed by atoms with Gasteiger partial charge < -0.3 is 15.0 Å². The van der Waals surface area contributed by atoms with Crippen molar-refractivity contribution in [3.05, 3.63) is 59.6 Å². The van der Waals surface area contributed by atoms with Crippen LogP contribution in [0.3, 0.4) is 0 Å². The lowest BCUT2D eigenvalue weighted by atomic mass is 10.2. The lowest BCUT2D eigenvalue weighted by Crippen LogP contribution is -2.21. The summed E-state index contributed by atoms with van der Waals surface area (Å²) in [7, 11) is 1.69. The number of aromatic nitrogens is 3. The molecule has 1 N–H and O–H groups in total. The molecule has 0 fully saturated rings. The minimum atomic E-state index is 0.664. The molecule has 7 heteroatoms. The number of methoxy groups -OCH3 is 1. The van der Waals surface area contributed by atoms with Crippen LogP contribution in [0.15, 0.2) is 54.7 Å². The van der Waals surface area contributed by atoms with Gasteiger partial charge in [-0.05, 0) is 38.1 Å². The van der Waals surface area contributed by atoms with Crippen molar-refractivity contribution in [3.63, 3.8) is 0 Å². The zero-order valence-corrected chi connectivity index (χ0v) is 17.7. The van der Waals surface area contributed by atoms with Crippen molar-refractivity contribution in [2.75, 3.05) is 30.4 Å². The minimum absolute atomic E-state index is 0.664. The van der Waals surface area contributed by atoms with Crippen LogP contribution in [0, 0.1) is 0 Å². The van der Waals surface area contributed by atoms with E-state index in [9.17, 15) is 0 Å². The van der Waals surface area contributed by atoms with E-state index in [0.29, 0.717) is 6.54 Å². The summed E-state index contributed by atoms with van der Waals surface area (Å²) < 4.78 is 7.71. The van der Waals surface area contributed by atoms with E-state index in [2.05, 4.69) is 39.7 Å². The van der Waals surface area contributed by atoms with Crippen LogP contribution < -0.4 is 15.0 Å². The van der Waals surface area contributed by atoms with Gasteiger partial charge in [-0.2, -0.15) is 0 Å². The second-order valence-electron chi connectivity index (χ2n) is 6.57. The molecule has 0 amide bonds. The number of nitrogens with zero attached hydrogens (tertiary/aromatic N) is 4. The Balaban J connectivity index is 1.68. The van der Waals surface area contributed by atoms with E-state index < -0.39 is 0 Å². The molecule has 4 aromatic rings. The highest BCUT2D eigenvalue weighted by Crippen LogP contribution is 2.31. The standard InChI is InChI=1S/C22H25N5OS/c1-4-26(5-2)22-24-15-16(29-22)14-23-21-25-17-10-6-7-11-18(17)27(21)19-12-8-9-13-20(19)28-3/h6-13,15H,4-5,14H2,1-3H3,(H,23,25). The van der Waals surface area contributed by atoms with Gasteiger partial charge in [0.1, 0.15) is 5.75 Å². The van der Waals surface area contributed by atoms with Crippen molar-refractivity contribution < 1.29 is 4.74 Å². The molecule has 0 saturated carbocycles. The summed E-state index contributed by atoms with van der Waals surface area (Å²) in [6.45, 7) is 6.88. The van der Waals surface area contributed by atoms with Gasteiger partial charge in [-0.15, -0.1) is 11.3 Å². The summed E-state index contributed by atoms with van der Waals surface area (Å²) >= 11 is 1.72. The summed E-state index contributed by atoms with van der Waals surface area (Å²) in [5.41, 5.74) is 2.93. The van der Waals surface area contributed by atoms with Crippen molar-refractivity contribution in [1.82, 2.24) is 14.5 Å². The summed E-state index contributed by atoms with van der Waals surface area (Å²) in [6.07, 6.45) is 1.95. The number of imidazole rings is 1. The highest BCUT2D eigenvalue weighted by atomic mass is 32.1. The van der Waals surface area contributed by atoms with Crippen molar-refractivity contribution in [2.45, 2.75) is 20.4 Å². The Labute approximate surface area is 174 Å². The molecule has 4 rings (SSSR count). The fourth-order valence-electron chi connectivity index (χ4n) is 3.39. The summed E-state index contributed by atoms with van der Waals surface area (Å²) in [5, 5.41) is 4.57. The molecule has 2 heterocycles. The van der Waals surface area contributed by atoms with E-state index in [0.717, 1.165) is 46.6 Å². The number of thiazole rings is 1. The van der Waals surface area contributed by atoms with E-state index in [1.807, 2.05) is 48.7 Å². The first kappa shape index (κ1) is 19.3. The molecule has 0 radical (unpaired) electrons. The molecule has 0 unspecified atom stereocenters. The predicted octanol–water partition coefficient (Wildman–Crippen LogP) is 4.95. The SMILES string of the molecule is CCN(CC)c1ncc(CNc2nc3ccccc3n2-c2ccccc2OC)s1. The van der Waals surface area contributed by atoms with Crippen molar-refractivity contribution in [3.8, 4) is 11.4 Å². The van der Waals surface area contributed by atoms with Gasteiger partial charge in [0, 0.05) is 24.2 Å². The molecule has 0 aliphatic heterocycles. The minimum Gasteiger partial charge on any atom is -0.495 e. The van der Waals surface area contributed by atoms with Gasteiger partial charge in [0.2, 0.25) is 5.95 Å². The van der Waals surface area contributed by atoms with E-state index in [4.69, 9.17) is 9.72 Å². The predicted molar refractivity (Wildman–Crippen MR) is 121 cm³/mol. The van der Waals surface area contributed by atoms with Crippen LogP contribution in [0.1, 0.15) is 18.7 Å². The number of hydrogen-bond acceptors (Lipinski definition) is 6. The van der Waals surface area contributed by atoms with E-state index in [-0.39, 0.29) is 0 Å². The number of benzene rings is 2. The van der Waals surface area contributed by atoms with Crippen LogP contribution in [0.25, 0.3) is 16.7 Å². The third kappa shape index (κ3) is 3.78. The first-order valence-corrected chi connectivity index (χ1v) is 10.6. The molecule has 29 heavy (non-hydrogen) atoms. The molecule has 0 spiro atoms. The molecule has 0 saturated heterocycles. The highest BCUT2D eigenvalue weighted by Gasteiger charge is 2.16. The van der Waals surface area contributed by atoms with Gasteiger partial charge in [-0.25, -0.2) is 9.97 Å². The van der Waals surface area contributed by atoms with Crippen LogP contribution in [0.2, 0.25) is 0 Å². The van der Waals surface area contributed by atoms with Gasteiger partial charge in [0.25, 0.3) is 0 Å². The number of nitrogens with one attached hydrogen (secondary N) is 1. The topological polar surface area (TPSA) is 55.2 Å². The normalized spacial score (nSPS) is 11.0. The zero-order valence-electron chi connectivity index (χ0n) is 16.9. The van der Waals surface area contributed by atoms with Gasteiger partial charge >= 0.3 is 0 Å². The summed E-state index contributed by atoms with van der Waals surface area (Å²) in [5.74, 6) is 1.59. The zero-order chi connectivity index (χ0) is 20.2. The molecule has 2 aromatic heterocycles. The lowest BCUT2D eigenvalue weighted by molar-refractivity contribution is 0.413. The van der Waals surface area contributed by atoms with E-state index in [1.54, 1.807) is 18.4 Å². The van der Waals surface area contributed by atoms with Gasteiger partial charge in [-0.1, -0.05) is 24.3 Å². The fraction of sp³-hybridized carbons (Fsp3) is 0.273. The Morgan fingerprint density at radius 1 is 1.07 bits per heavy atom. The van der Waals surface area contributed by atoms with Crippen LogP contribution in [-0.4, -0.2) is 34.7 Å². The summed E-state index contributed by atoms with van der Waals surface area (Å²) in [6, 6.07) is 16.1. The average molecular weight is 408 g/mol. The van der Waals surface area contributed by atoms with Crippen molar-refractivity contribution in [1.29, 1.82) is 0 Å². The number of hydrogen-bond donors (Lipinski definition) is 1. The third-order valence-electron chi connectivity index (χ3n) is 4.88. The number of anilines is 2. The fourth-order valence-corrected chi connectivity index (χ4v) is 4.37. The second kappa shape index (κ2) is 8.53. The third-order valence-corrected chi connectivity index (χ3v) is 5.94. The maximum Gasteiger partial charge on any atom is 0.209 e. The van der Waals surface area contributed by atoms with Gasteiger partial charge in [0.15, 0.2) is 5.13 Å². The van der Waals surface area contributed by atoms with Crippen LogP contribution in [-0.2, 0) is 6.54 Å². The van der Waals surface area contributed by atoms with Gasteiger partial charge in [0.05, 0.1) is 30.4 Å². The highest BCUT2D eigenvalue weighted by molar-refractivity contribution is 7.15. The maximum atomic E-state index is 5.60. The Bertz CT molecular complexity index is 1100. The van der Waals surface area contributed by atoms with Gasteiger partial charge in [-0.3, -0.25) is 4.57 Å². The molecule has 0 bridgehead atoms. The average Bonchev–Trinajstić information content (AvgIpc) is 3.37. The second-order valence-corrected chi connectivity index (χ2v) is 7.66. The quantitative estimate of drug-likeness (QED) is 0.448. The molecule has 0 atom stereocenters. The molecular formula is C22H25N5OS. The number of rotatable bonds is 8. The van der Waals surface area contributed by atoms with Crippen molar-refractivity contribution in [2.24, 2.45) is 0 Å². The summed E-state index contributed by atoms with van der Waals surface area (Å²) in [4.78, 5) is 12.8. The molecule has 6 nitrogen and oxygen atoms in total. The van der Waals surface area contributed by atoms with Crippen LogP contribution in [0.4, 0.5) is 11.1 Å².